The maximum Gasteiger partial charge on any atom is 0.330 e. The van der Waals surface area contributed by atoms with Crippen molar-refractivity contribution in [1.29, 1.82) is 0 Å². The molecule has 2 atom stereocenters. The molecule has 18 heavy (non-hydrogen) atoms. The molecule has 104 valence electrons. The lowest BCUT2D eigenvalue weighted by Crippen LogP contribution is -2.63. The van der Waals surface area contributed by atoms with Crippen LogP contribution in [0.5, 0.6) is 0 Å². The van der Waals surface area contributed by atoms with Crippen LogP contribution in [-0.2, 0) is 14.0 Å². The van der Waals surface area contributed by atoms with Crippen molar-refractivity contribution in [1.82, 2.24) is 0 Å². The third-order valence-corrected chi connectivity index (χ3v) is 21.0. The molecular formula is C13H26O3Si2. The number of esters is 1. The van der Waals surface area contributed by atoms with Gasteiger partial charge in [-0.25, -0.2) is 4.79 Å². The predicted octanol–water partition coefficient (Wildman–Crippen LogP) is 3.28. The Morgan fingerprint density at radius 1 is 1.50 bits per heavy atom. The molecule has 0 N–H and O–H groups in total. The van der Waals surface area contributed by atoms with Gasteiger partial charge in [0.15, 0.2) is 7.83 Å². The van der Waals surface area contributed by atoms with Gasteiger partial charge in [0.05, 0.1) is 13.7 Å². The first kappa shape index (κ1) is 15.7. The molecule has 1 aliphatic heterocycles. The van der Waals surface area contributed by atoms with Crippen LogP contribution in [0.4, 0.5) is 0 Å². The molecule has 1 saturated heterocycles. The van der Waals surface area contributed by atoms with Crippen LogP contribution in [0.15, 0.2) is 12.7 Å². The monoisotopic (exact) mass is 286 g/mol. The second kappa shape index (κ2) is 5.71. The Hall–Kier alpha value is -0.396. The summed E-state index contributed by atoms with van der Waals surface area (Å²) in [6, 6.07) is 1.28. The van der Waals surface area contributed by atoms with E-state index in [-0.39, 0.29) is 18.2 Å². The SMILES string of the molecule is C=CC(=O)OC(CC)C1CC[Si](C)(C)[Si](C)(C)O1. The number of carbonyl (C=O) groups excluding carboxylic acids is 1. The molecule has 0 spiro atoms. The van der Waals surface area contributed by atoms with Crippen LogP contribution >= 0.6 is 0 Å². The first-order valence-electron chi connectivity index (χ1n) is 6.74. The zero-order valence-corrected chi connectivity index (χ0v) is 14.3. The largest absolute Gasteiger partial charge is 0.457 e. The van der Waals surface area contributed by atoms with Crippen molar-refractivity contribution < 1.29 is 14.0 Å². The normalized spacial score (nSPS) is 27.3. The highest BCUT2D eigenvalue weighted by atomic mass is 29.3. The minimum atomic E-state index is -1.60. The van der Waals surface area contributed by atoms with Crippen LogP contribution in [0, 0.1) is 0 Å². The molecule has 1 aliphatic rings. The molecule has 0 aromatic carbocycles. The number of carbonyl (C=O) groups is 1. The van der Waals surface area contributed by atoms with Crippen molar-refractivity contribution in [3.05, 3.63) is 12.7 Å². The van der Waals surface area contributed by atoms with Crippen LogP contribution in [0.3, 0.4) is 0 Å². The lowest BCUT2D eigenvalue weighted by atomic mass is 10.1. The van der Waals surface area contributed by atoms with E-state index in [0.717, 1.165) is 12.8 Å². The van der Waals surface area contributed by atoms with Gasteiger partial charge in [-0.1, -0.05) is 32.6 Å². The zero-order valence-electron chi connectivity index (χ0n) is 12.3. The summed E-state index contributed by atoms with van der Waals surface area (Å²) in [4.78, 5) is 11.3. The Morgan fingerprint density at radius 3 is 2.56 bits per heavy atom. The van der Waals surface area contributed by atoms with Crippen LogP contribution < -0.4 is 0 Å². The van der Waals surface area contributed by atoms with E-state index in [1.165, 1.54) is 12.1 Å². The lowest BCUT2D eigenvalue weighted by molar-refractivity contribution is -0.148. The fourth-order valence-corrected chi connectivity index (χ4v) is 8.89. The van der Waals surface area contributed by atoms with Crippen LogP contribution in [0.2, 0.25) is 32.2 Å². The molecule has 0 aromatic heterocycles. The molecule has 0 saturated carbocycles. The Labute approximate surface area is 112 Å². The van der Waals surface area contributed by atoms with E-state index in [1.54, 1.807) is 0 Å². The van der Waals surface area contributed by atoms with Gasteiger partial charge < -0.3 is 9.16 Å². The predicted molar refractivity (Wildman–Crippen MR) is 79.6 cm³/mol. The molecule has 0 bridgehead atoms. The molecule has 2 unspecified atom stereocenters. The molecule has 1 heterocycles. The molecule has 0 radical (unpaired) electrons. The highest BCUT2D eigenvalue weighted by Crippen LogP contribution is 2.35. The first-order chi connectivity index (χ1) is 8.23. The molecular weight excluding hydrogens is 260 g/mol. The third kappa shape index (κ3) is 3.33. The van der Waals surface area contributed by atoms with Crippen molar-refractivity contribution >= 4 is 21.4 Å². The van der Waals surface area contributed by atoms with Gasteiger partial charge in [0.2, 0.25) is 0 Å². The van der Waals surface area contributed by atoms with E-state index in [4.69, 9.17) is 9.16 Å². The maximum atomic E-state index is 11.3. The van der Waals surface area contributed by atoms with E-state index in [1.807, 2.05) is 6.92 Å². The average Bonchev–Trinajstić information content (AvgIpc) is 2.29. The van der Waals surface area contributed by atoms with Gasteiger partial charge in [0.1, 0.15) is 6.10 Å². The molecule has 0 aromatic rings. The maximum absolute atomic E-state index is 11.3. The molecule has 0 aliphatic carbocycles. The van der Waals surface area contributed by atoms with Crippen LogP contribution in [-0.4, -0.2) is 33.6 Å². The van der Waals surface area contributed by atoms with Gasteiger partial charge in [-0.2, -0.15) is 0 Å². The Bertz CT molecular complexity index is 326. The van der Waals surface area contributed by atoms with Gasteiger partial charge in [0, 0.05) is 6.08 Å². The lowest BCUT2D eigenvalue weighted by Gasteiger charge is -2.47. The van der Waals surface area contributed by atoms with E-state index in [9.17, 15) is 4.79 Å². The number of ether oxygens (including phenoxy) is 1. The summed E-state index contributed by atoms with van der Waals surface area (Å²) in [5.41, 5.74) is 0. The van der Waals surface area contributed by atoms with Gasteiger partial charge in [0.25, 0.3) is 0 Å². The van der Waals surface area contributed by atoms with E-state index >= 15 is 0 Å². The van der Waals surface area contributed by atoms with Crippen molar-refractivity contribution in [3.8, 4) is 0 Å². The van der Waals surface area contributed by atoms with Gasteiger partial charge in [-0.3, -0.25) is 0 Å². The zero-order chi connectivity index (χ0) is 14.0. The summed E-state index contributed by atoms with van der Waals surface area (Å²) in [7, 11) is -2.81. The number of hydrogen-bond donors (Lipinski definition) is 0. The summed E-state index contributed by atoms with van der Waals surface area (Å²) < 4.78 is 11.8. The highest BCUT2D eigenvalue weighted by Gasteiger charge is 2.49. The second-order valence-electron chi connectivity index (χ2n) is 6.18. The van der Waals surface area contributed by atoms with E-state index < -0.39 is 15.4 Å². The first-order valence-corrected chi connectivity index (χ1v) is 13.9. The smallest absolute Gasteiger partial charge is 0.330 e. The van der Waals surface area contributed by atoms with Gasteiger partial charge in [-0.05, 0) is 25.9 Å². The fraction of sp³-hybridized carbons (Fsp3) is 0.769. The van der Waals surface area contributed by atoms with Crippen molar-refractivity contribution in [2.45, 2.75) is 64.2 Å². The topological polar surface area (TPSA) is 35.5 Å². The van der Waals surface area contributed by atoms with Gasteiger partial charge >= 0.3 is 5.97 Å². The Balaban J connectivity index is 2.73. The molecule has 5 heteroatoms. The second-order valence-corrected chi connectivity index (χ2v) is 21.4. The number of hydrogen-bond acceptors (Lipinski definition) is 3. The summed E-state index contributed by atoms with van der Waals surface area (Å²) in [6.07, 6.45) is 3.02. The summed E-state index contributed by atoms with van der Waals surface area (Å²) in [5, 5.41) is 0. The Morgan fingerprint density at radius 2 is 2.11 bits per heavy atom. The fourth-order valence-electron chi connectivity index (χ4n) is 2.28. The number of rotatable bonds is 4. The minimum absolute atomic E-state index is 0.0843. The quantitative estimate of drug-likeness (QED) is 0.452. The summed E-state index contributed by atoms with van der Waals surface area (Å²) in [5.74, 6) is -0.341. The van der Waals surface area contributed by atoms with Crippen LogP contribution in [0.1, 0.15) is 19.8 Å². The van der Waals surface area contributed by atoms with Crippen molar-refractivity contribution in [3.63, 3.8) is 0 Å². The van der Waals surface area contributed by atoms with Gasteiger partial charge in [-0.15, -0.1) is 0 Å². The molecule has 1 rings (SSSR count). The summed E-state index contributed by atoms with van der Waals surface area (Å²) in [6.45, 7) is 15.0. The van der Waals surface area contributed by atoms with Crippen molar-refractivity contribution in [2.75, 3.05) is 0 Å². The molecule has 3 nitrogen and oxygen atoms in total. The summed E-state index contributed by atoms with van der Waals surface area (Å²) >= 11 is 0. The van der Waals surface area contributed by atoms with Crippen molar-refractivity contribution in [2.24, 2.45) is 0 Å². The minimum Gasteiger partial charge on any atom is -0.457 e. The molecule has 1 fully saturated rings. The van der Waals surface area contributed by atoms with E-state index in [0.29, 0.717) is 0 Å². The Kier molecular flexibility index (Phi) is 4.97. The third-order valence-electron chi connectivity index (χ3n) is 4.38. The highest BCUT2D eigenvalue weighted by molar-refractivity contribution is 7.38. The molecule has 0 amide bonds. The standard InChI is InChI=1S/C13H26O3Si2/c1-7-11(15-13(14)8-2)12-9-10-17(3,4)18(5,6)16-12/h8,11-12H,2,7,9-10H2,1,3-6H3. The van der Waals surface area contributed by atoms with E-state index in [2.05, 4.69) is 32.8 Å². The van der Waals surface area contributed by atoms with Crippen LogP contribution in [0.25, 0.3) is 0 Å². The average molecular weight is 287 g/mol.